The van der Waals surface area contributed by atoms with E-state index in [4.69, 9.17) is 4.42 Å². The van der Waals surface area contributed by atoms with E-state index in [1.165, 1.54) is 12.1 Å². The average Bonchev–Trinajstić information content (AvgIpc) is 3.05. The summed E-state index contributed by atoms with van der Waals surface area (Å²) < 4.78 is 32.7. The zero-order chi connectivity index (χ0) is 21.4. The predicted octanol–water partition coefficient (Wildman–Crippen LogP) is 3.98. The predicted molar refractivity (Wildman–Crippen MR) is 113 cm³/mol. The molecule has 3 aromatic rings. The molecule has 2 aromatic carbocycles. The van der Waals surface area contributed by atoms with Crippen LogP contribution in [0.1, 0.15) is 49.5 Å². The van der Waals surface area contributed by atoms with Crippen LogP contribution in [0.4, 0.5) is 5.69 Å². The minimum atomic E-state index is -3.65. The van der Waals surface area contributed by atoms with Crippen molar-refractivity contribution in [3.05, 3.63) is 53.4 Å². The van der Waals surface area contributed by atoms with E-state index in [2.05, 4.69) is 15.0 Å². The molecule has 0 fully saturated rings. The van der Waals surface area contributed by atoms with E-state index >= 15 is 0 Å². The lowest BCUT2D eigenvalue weighted by atomic mass is 9.97. The van der Waals surface area contributed by atoms with Gasteiger partial charge in [0, 0.05) is 23.2 Å². The monoisotopic (exact) mass is 415 g/mol. The van der Waals surface area contributed by atoms with E-state index in [0.29, 0.717) is 33.8 Å². The highest BCUT2D eigenvalue weighted by molar-refractivity contribution is 7.89. The third-order valence-electron chi connectivity index (χ3n) is 4.39. The van der Waals surface area contributed by atoms with Gasteiger partial charge in [0.25, 0.3) is 5.91 Å². The van der Waals surface area contributed by atoms with Gasteiger partial charge in [0.2, 0.25) is 15.9 Å². The maximum absolute atomic E-state index is 12.8. The van der Waals surface area contributed by atoms with E-state index in [-0.39, 0.29) is 16.9 Å². The first-order valence-corrected chi connectivity index (χ1v) is 10.8. The second kappa shape index (κ2) is 7.61. The number of carbonyl (C=O) groups is 1. The van der Waals surface area contributed by atoms with E-state index < -0.39 is 15.9 Å². The molecule has 0 radical (unpaired) electrons. The van der Waals surface area contributed by atoms with E-state index in [0.717, 1.165) is 0 Å². The highest BCUT2D eigenvalue weighted by Crippen LogP contribution is 2.27. The van der Waals surface area contributed by atoms with Gasteiger partial charge < -0.3 is 9.73 Å². The van der Waals surface area contributed by atoms with Gasteiger partial charge in [-0.05, 0) is 42.8 Å². The molecule has 0 bridgehead atoms. The van der Waals surface area contributed by atoms with Crippen LogP contribution in [-0.2, 0) is 15.4 Å². The summed E-state index contributed by atoms with van der Waals surface area (Å²) in [5.74, 6) is 0.225. The zero-order valence-electron chi connectivity index (χ0n) is 17.2. The lowest BCUT2D eigenvalue weighted by molar-refractivity contribution is 0.102. The number of aryl methyl sites for hydroxylation is 1. The molecule has 2 N–H and O–H groups in total. The molecule has 1 amide bonds. The number of amides is 1. The molecule has 0 atom stereocenters. The van der Waals surface area contributed by atoms with Gasteiger partial charge in [0.1, 0.15) is 5.52 Å². The quantitative estimate of drug-likeness (QED) is 0.656. The van der Waals surface area contributed by atoms with E-state index in [1.807, 2.05) is 20.8 Å². The Morgan fingerprint density at radius 3 is 2.52 bits per heavy atom. The average molecular weight is 416 g/mol. The van der Waals surface area contributed by atoms with Crippen LogP contribution in [0.25, 0.3) is 11.1 Å². The van der Waals surface area contributed by atoms with Crippen LogP contribution in [0.5, 0.6) is 0 Å². The molecular weight excluding hydrogens is 390 g/mol. The molecule has 0 aliphatic rings. The number of carbonyl (C=O) groups excluding carboxylic acids is 1. The van der Waals surface area contributed by atoms with Crippen LogP contribution < -0.4 is 10.0 Å². The summed E-state index contributed by atoms with van der Waals surface area (Å²) in [6, 6.07) is 9.71. The van der Waals surface area contributed by atoms with Crippen molar-refractivity contribution in [2.75, 3.05) is 11.9 Å². The molecule has 0 unspecified atom stereocenters. The van der Waals surface area contributed by atoms with Gasteiger partial charge in [0.15, 0.2) is 5.58 Å². The van der Waals surface area contributed by atoms with Crippen LogP contribution >= 0.6 is 0 Å². The SMILES string of the molecule is CCNS(=O)(=O)c1ccc(C)c(C(=O)Nc2ccc3oc(C(C)(C)C)nc3c2)c1. The minimum absolute atomic E-state index is 0.0527. The summed E-state index contributed by atoms with van der Waals surface area (Å²) in [7, 11) is -3.65. The molecule has 1 heterocycles. The minimum Gasteiger partial charge on any atom is -0.440 e. The Morgan fingerprint density at radius 1 is 1.14 bits per heavy atom. The number of anilines is 1. The number of aromatic nitrogens is 1. The van der Waals surface area contributed by atoms with E-state index in [1.54, 1.807) is 38.1 Å². The fraction of sp³-hybridized carbons (Fsp3) is 0.333. The first kappa shape index (κ1) is 21.0. The van der Waals surface area contributed by atoms with Gasteiger partial charge in [-0.2, -0.15) is 0 Å². The Kier molecular flexibility index (Phi) is 5.51. The Bertz CT molecular complexity index is 1170. The Balaban J connectivity index is 1.90. The van der Waals surface area contributed by atoms with Crippen LogP contribution in [-0.4, -0.2) is 25.9 Å². The highest BCUT2D eigenvalue weighted by atomic mass is 32.2. The molecule has 0 spiro atoms. The second-order valence-corrected chi connectivity index (χ2v) is 9.65. The molecule has 29 heavy (non-hydrogen) atoms. The van der Waals surface area contributed by atoms with Gasteiger partial charge >= 0.3 is 0 Å². The Hall–Kier alpha value is -2.71. The number of nitrogens with zero attached hydrogens (tertiary/aromatic N) is 1. The standard InChI is InChI=1S/C21H25N3O4S/c1-6-22-29(26,27)15-9-7-13(2)16(12-15)19(25)23-14-8-10-18-17(11-14)24-20(28-18)21(3,4)5/h7-12,22H,6H2,1-5H3,(H,23,25). The molecule has 3 rings (SSSR count). The maximum Gasteiger partial charge on any atom is 0.255 e. The van der Waals surface area contributed by atoms with Crippen molar-refractivity contribution in [3.63, 3.8) is 0 Å². The first-order valence-electron chi connectivity index (χ1n) is 9.34. The molecule has 7 nitrogen and oxygen atoms in total. The summed E-state index contributed by atoms with van der Waals surface area (Å²) in [5.41, 5.74) is 2.58. The topological polar surface area (TPSA) is 101 Å². The smallest absolute Gasteiger partial charge is 0.255 e. The summed E-state index contributed by atoms with van der Waals surface area (Å²) in [4.78, 5) is 17.4. The second-order valence-electron chi connectivity index (χ2n) is 7.88. The normalized spacial score (nSPS) is 12.3. The van der Waals surface area contributed by atoms with Crippen LogP contribution in [0, 0.1) is 6.92 Å². The van der Waals surface area contributed by atoms with Crippen LogP contribution in [0.2, 0.25) is 0 Å². The summed E-state index contributed by atoms with van der Waals surface area (Å²) in [5, 5.41) is 2.81. The maximum atomic E-state index is 12.8. The first-order chi connectivity index (χ1) is 13.5. The van der Waals surface area contributed by atoms with Crippen LogP contribution in [0.15, 0.2) is 45.7 Å². The molecule has 0 saturated carbocycles. The molecule has 0 saturated heterocycles. The van der Waals surface area contributed by atoms with Crippen molar-refractivity contribution in [1.82, 2.24) is 9.71 Å². The lowest BCUT2D eigenvalue weighted by Gasteiger charge is -2.11. The summed E-state index contributed by atoms with van der Waals surface area (Å²) >= 11 is 0. The summed E-state index contributed by atoms with van der Waals surface area (Å²) in [6.07, 6.45) is 0. The third kappa shape index (κ3) is 4.49. The number of rotatable bonds is 5. The number of nitrogens with one attached hydrogen (secondary N) is 2. The number of sulfonamides is 1. The number of fused-ring (bicyclic) bond motifs is 1. The van der Waals surface area contributed by atoms with Gasteiger partial charge in [-0.15, -0.1) is 0 Å². The van der Waals surface area contributed by atoms with Crippen LogP contribution in [0.3, 0.4) is 0 Å². The molecule has 154 valence electrons. The fourth-order valence-electron chi connectivity index (χ4n) is 2.81. The van der Waals surface area contributed by atoms with Crippen molar-refractivity contribution in [3.8, 4) is 0 Å². The van der Waals surface area contributed by atoms with Crippen molar-refractivity contribution in [1.29, 1.82) is 0 Å². The lowest BCUT2D eigenvalue weighted by Crippen LogP contribution is -2.24. The third-order valence-corrected chi connectivity index (χ3v) is 5.93. The van der Waals surface area contributed by atoms with Crippen molar-refractivity contribution in [2.24, 2.45) is 0 Å². The largest absolute Gasteiger partial charge is 0.440 e. The van der Waals surface area contributed by atoms with Gasteiger partial charge in [-0.25, -0.2) is 18.1 Å². The fourth-order valence-corrected chi connectivity index (χ4v) is 3.88. The van der Waals surface area contributed by atoms with Crippen molar-refractivity contribution >= 4 is 32.7 Å². The highest BCUT2D eigenvalue weighted by Gasteiger charge is 2.21. The zero-order valence-corrected chi connectivity index (χ0v) is 18.0. The van der Waals surface area contributed by atoms with Gasteiger partial charge in [0.05, 0.1) is 4.90 Å². The van der Waals surface area contributed by atoms with Crippen molar-refractivity contribution in [2.45, 2.75) is 44.9 Å². The molecule has 0 aliphatic heterocycles. The Labute approximate surface area is 170 Å². The molecule has 8 heteroatoms. The van der Waals surface area contributed by atoms with Crippen molar-refractivity contribution < 1.29 is 17.6 Å². The van der Waals surface area contributed by atoms with Gasteiger partial charge in [-0.1, -0.05) is 33.8 Å². The summed E-state index contributed by atoms with van der Waals surface area (Å²) in [6.45, 7) is 9.76. The number of benzene rings is 2. The molecule has 0 aliphatic carbocycles. The molecule has 1 aromatic heterocycles. The van der Waals surface area contributed by atoms with Gasteiger partial charge in [-0.3, -0.25) is 4.79 Å². The number of oxazole rings is 1. The Morgan fingerprint density at radius 2 is 1.86 bits per heavy atom. The number of hydrogen-bond donors (Lipinski definition) is 2. The number of hydrogen-bond acceptors (Lipinski definition) is 5. The van der Waals surface area contributed by atoms with E-state index in [9.17, 15) is 13.2 Å². The molecular formula is C21H25N3O4S.